The molecule has 0 aromatic heterocycles. The molecular formula is C13H19NO3S. The fraction of sp³-hybridized carbons (Fsp3) is 0.538. The zero-order chi connectivity index (χ0) is 13.3. The summed E-state index contributed by atoms with van der Waals surface area (Å²) in [6.07, 6.45) is -0.773. The predicted molar refractivity (Wildman–Crippen MR) is 71.1 cm³/mol. The van der Waals surface area contributed by atoms with Crippen LogP contribution in [0.15, 0.2) is 24.3 Å². The molecule has 1 heterocycles. The predicted octanol–water partition coefficient (Wildman–Crippen LogP) is 0.585. The summed E-state index contributed by atoms with van der Waals surface area (Å²) >= 11 is 0. The molecule has 1 N–H and O–H groups in total. The van der Waals surface area contributed by atoms with Gasteiger partial charge in [0.05, 0.1) is 23.7 Å². The topological polar surface area (TPSA) is 57.6 Å². The van der Waals surface area contributed by atoms with Crippen LogP contribution in [0.2, 0.25) is 0 Å². The van der Waals surface area contributed by atoms with E-state index in [1.54, 1.807) is 0 Å². The van der Waals surface area contributed by atoms with Crippen LogP contribution < -0.4 is 0 Å². The number of aliphatic hydroxyl groups is 1. The van der Waals surface area contributed by atoms with Crippen molar-refractivity contribution in [1.82, 2.24) is 4.90 Å². The molecule has 0 saturated carbocycles. The molecule has 1 saturated heterocycles. The molecule has 1 aromatic carbocycles. The van der Waals surface area contributed by atoms with Gasteiger partial charge in [0.15, 0.2) is 9.84 Å². The lowest BCUT2D eigenvalue weighted by Gasteiger charge is -2.25. The summed E-state index contributed by atoms with van der Waals surface area (Å²) in [7, 11) is -1.22. The van der Waals surface area contributed by atoms with Gasteiger partial charge in [0.25, 0.3) is 0 Å². The Morgan fingerprint density at radius 2 is 1.89 bits per heavy atom. The van der Waals surface area contributed by atoms with Gasteiger partial charge in [0, 0.05) is 6.54 Å². The molecule has 2 rings (SSSR count). The van der Waals surface area contributed by atoms with Crippen molar-refractivity contribution in [2.24, 2.45) is 0 Å². The molecule has 0 bridgehead atoms. The van der Waals surface area contributed by atoms with E-state index in [9.17, 15) is 13.5 Å². The monoisotopic (exact) mass is 269 g/mol. The maximum atomic E-state index is 11.5. The third kappa shape index (κ3) is 3.10. The molecule has 1 aromatic rings. The van der Waals surface area contributed by atoms with Crippen molar-refractivity contribution in [3.8, 4) is 0 Å². The molecule has 4 nitrogen and oxygen atoms in total. The maximum absolute atomic E-state index is 11.5. The van der Waals surface area contributed by atoms with E-state index in [4.69, 9.17) is 0 Å². The fourth-order valence-electron chi connectivity index (χ4n) is 2.33. The van der Waals surface area contributed by atoms with Crippen LogP contribution in [0.5, 0.6) is 0 Å². The second-order valence-electron chi connectivity index (χ2n) is 5.11. The Morgan fingerprint density at radius 3 is 2.39 bits per heavy atom. The van der Waals surface area contributed by atoms with Gasteiger partial charge in [-0.05, 0) is 19.5 Å². The largest absolute Gasteiger partial charge is 0.390 e. The van der Waals surface area contributed by atoms with Crippen molar-refractivity contribution in [1.29, 1.82) is 0 Å². The summed E-state index contributed by atoms with van der Waals surface area (Å²) in [5, 5.41) is 9.80. The average molecular weight is 269 g/mol. The number of hydrogen-bond donors (Lipinski definition) is 1. The van der Waals surface area contributed by atoms with Crippen molar-refractivity contribution in [2.45, 2.75) is 25.6 Å². The van der Waals surface area contributed by atoms with Crippen molar-refractivity contribution in [3.05, 3.63) is 35.4 Å². The summed E-state index contributed by atoms with van der Waals surface area (Å²) in [6.45, 7) is 2.68. The molecule has 1 aliphatic rings. The molecular weight excluding hydrogens is 250 g/mol. The van der Waals surface area contributed by atoms with Gasteiger partial charge in [-0.15, -0.1) is 0 Å². The lowest BCUT2D eigenvalue weighted by atomic mass is 10.1. The van der Waals surface area contributed by atoms with E-state index in [1.807, 2.05) is 43.1 Å². The highest BCUT2D eigenvalue weighted by Crippen LogP contribution is 2.19. The highest BCUT2D eigenvalue weighted by molar-refractivity contribution is 7.91. The van der Waals surface area contributed by atoms with E-state index < -0.39 is 15.9 Å². The first kappa shape index (κ1) is 13.5. The quantitative estimate of drug-likeness (QED) is 0.872. The van der Waals surface area contributed by atoms with Crippen LogP contribution in [0, 0.1) is 6.92 Å². The smallest absolute Gasteiger partial charge is 0.154 e. The molecule has 0 amide bonds. The number of rotatable bonds is 3. The van der Waals surface area contributed by atoms with Gasteiger partial charge in [0.1, 0.15) is 0 Å². The Hall–Kier alpha value is -0.910. The maximum Gasteiger partial charge on any atom is 0.154 e. The molecule has 1 fully saturated rings. The first-order chi connectivity index (χ1) is 8.37. The zero-order valence-electron chi connectivity index (χ0n) is 10.7. The van der Waals surface area contributed by atoms with Crippen LogP contribution in [0.25, 0.3) is 0 Å². The molecule has 1 aliphatic heterocycles. The van der Waals surface area contributed by atoms with Crippen LogP contribution in [-0.4, -0.2) is 49.1 Å². The van der Waals surface area contributed by atoms with E-state index in [-0.39, 0.29) is 17.5 Å². The SMILES string of the molecule is Cc1ccc(CN(C)[C@H]2CS(=O)(=O)C[C@H]2O)cc1. The molecule has 100 valence electrons. The fourth-order valence-corrected chi connectivity index (χ4v) is 4.21. The number of hydrogen-bond acceptors (Lipinski definition) is 4. The summed E-state index contributed by atoms with van der Waals surface area (Å²) in [5.41, 5.74) is 2.32. The van der Waals surface area contributed by atoms with Gasteiger partial charge in [-0.25, -0.2) is 8.42 Å². The molecule has 0 radical (unpaired) electrons. The number of aliphatic hydroxyl groups excluding tert-OH is 1. The summed E-state index contributed by atoms with van der Waals surface area (Å²) in [5.74, 6) is -0.0631. The number of likely N-dealkylation sites (N-methyl/N-ethyl adjacent to an activating group) is 1. The first-order valence-corrected chi connectivity index (χ1v) is 7.84. The Morgan fingerprint density at radius 1 is 1.28 bits per heavy atom. The van der Waals surface area contributed by atoms with Gasteiger partial charge in [-0.1, -0.05) is 29.8 Å². The normalized spacial score (nSPS) is 26.7. The zero-order valence-corrected chi connectivity index (χ0v) is 11.5. The minimum Gasteiger partial charge on any atom is -0.390 e. The van der Waals surface area contributed by atoms with Crippen LogP contribution in [0.4, 0.5) is 0 Å². The summed E-state index contributed by atoms with van der Waals surface area (Å²) < 4.78 is 22.9. The van der Waals surface area contributed by atoms with E-state index in [1.165, 1.54) is 5.56 Å². The standard InChI is InChI=1S/C13H19NO3S/c1-10-3-5-11(6-4-10)7-14(2)12-8-18(16,17)9-13(12)15/h3-6,12-13,15H,7-9H2,1-2H3/t12-,13+/m0/s1. The molecule has 0 unspecified atom stereocenters. The van der Waals surface area contributed by atoms with E-state index in [2.05, 4.69) is 0 Å². The number of aryl methyl sites for hydroxylation is 1. The van der Waals surface area contributed by atoms with Crippen molar-refractivity contribution < 1.29 is 13.5 Å². The van der Waals surface area contributed by atoms with Gasteiger partial charge in [-0.2, -0.15) is 0 Å². The third-order valence-electron chi connectivity index (χ3n) is 3.41. The van der Waals surface area contributed by atoms with Crippen molar-refractivity contribution >= 4 is 9.84 Å². The Labute approximate surface area is 108 Å². The highest BCUT2D eigenvalue weighted by Gasteiger charge is 2.38. The average Bonchev–Trinajstić information content (AvgIpc) is 2.55. The third-order valence-corrected chi connectivity index (χ3v) is 5.11. The summed E-state index contributed by atoms with van der Waals surface area (Å²) in [4.78, 5) is 1.92. The van der Waals surface area contributed by atoms with Crippen LogP contribution in [0.1, 0.15) is 11.1 Å². The second-order valence-corrected chi connectivity index (χ2v) is 7.27. The number of sulfone groups is 1. The molecule has 0 aliphatic carbocycles. The van der Waals surface area contributed by atoms with Gasteiger partial charge in [0.2, 0.25) is 0 Å². The lowest BCUT2D eigenvalue weighted by Crippen LogP contribution is -2.40. The van der Waals surface area contributed by atoms with Gasteiger partial charge < -0.3 is 5.11 Å². The Balaban J connectivity index is 2.04. The van der Waals surface area contributed by atoms with Crippen molar-refractivity contribution in [2.75, 3.05) is 18.6 Å². The highest BCUT2D eigenvalue weighted by atomic mass is 32.2. The minimum atomic E-state index is -3.08. The molecule has 18 heavy (non-hydrogen) atoms. The number of nitrogens with zero attached hydrogens (tertiary/aromatic N) is 1. The number of benzene rings is 1. The Kier molecular flexibility index (Phi) is 3.75. The van der Waals surface area contributed by atoms with E-state index >= 15 is 0 Å². The lowest BCUT2D eigenvalue weighted by molar-refractivity contribution is 0.0958. The minimum absolute atomic E-state index is 0.0521. The van der Waals surface area contributed by atoms with Crippen LogP contribution in [0.3, 0.4) is 0 Å². The van der Waals surface area contributed by atoms with Gasteiger partial charge in [-0.3, -0.25) is 4.90 Å². The molecule has 2 atom stereocenters. The van der Waals surface area contributed by atoms with Gasteiger partial charge >= 0.3 is 0 Å². The van der Waals surface area contributed by atoms with E-state index in [0.717, 1.165) is 5.56 Å². The summed E-state index contributed by atoms with van der Waals surface area (Å²) in [6, 6.07) is 7.83. The van der Waals surface area contributed by atoms with Crippen molar-refractivity contribution in [3.63, 3.8) is 0 Å². The molecule has 5 heteroatoms. The van der Waals surface area contributed by atoms with Crippen LogP contribution >= 0.6 is 0 Å². The molecule has 0 spiro atoms. The first-order valence-electron chi connectivity index (χ1n) is 6.02. The second kappa shape index (κ2) is 4.99. The van der Waals surface area contributed by atoms with E-state index in [0.29, 0.717) is 6.54 Å². The van der Waals surface area contributed by atoms with Crippen LogP contribution in [-0.2, 0) is 16.4 Å². The Bertz CT molecular complexity index is 510.